The molecule has 14 rings (SSSR count). The van der Waals surface area contributed by atoms with Gasteiger partial charge in [0.05, 0.1) is 38.6 Å². The fourth-order valence-corrected chi connectivity index (χ4v) is 11.3. The van der Waals surface area contributed by atoms with E-state index >= 15 is 0 Å². The van der Waals surface area contributed by atoms with Crippen molar-refractivity contribution < 1.29 is 0 Å². The second-order valence-corrected chi connectivity index (χ2v) is 24.8. The van der Waals surface area contributed by atoms with Gasteiger partial charge in [-0.2, -0.15) is 0 Å². The second-order valence-electron chi connectivity index (χ2n) is 24.8. The maximum Gasteiger partial charge on any atom is 0.0736 e. The fourth-order valence-electron chi connectivity index (χ4n) is 11.3. The molecule has 0 aliphatic carbocycles. The summed E-state index contributed by atoms with van der Waals surface area (Å²) in [7, 11) is 0. The minimum absolute atomic E-state index is 1.08. The van der Waals surface area contributed by atoms with Gasteiger partial charge in [-0.3, -0.25) is 34.9 Å². The van der Waals surface area contributed by atoms with Crippen molar-refractivity contribution in [2.24, 2.45) is 0 Å². The van der Waals surface area contributed by atoms with Gasteiger partial charge in [0.15, 0.2) is 0 Å². The monoisotopic (exact) mass is 1200 g/mol. The number of nitrogens with zero attached hydrogens (tertiary/aromatic N) is 7. The normalized spacial score (nSPS) is 10.7. The molecule has 0 bridgehead atoms. The van der Waals surface area contributed by atoms with Crippen LogP contribution in [0.3, 0.4) is 0 Å². The van der Waals surface area contributed by atoms with Crippen molar-refractivity contribution >= 4 is 76.3 Å². The van der Waals surface area contributed by atoms with Gasteiger partial charge < -0.3 is 0 Å². The lowest BCUT2D eigenvalue weighted by Gasteiger charge is -2.07. The SMILES string of the molecule is Cc1cc(C)c2cccnc2c1C.Cc1cc2cccnc2c(C)c1C.Cc1cc2nccc(C)c2cc1C.Cc1cc2ncccc2c(C)c1C.Cc1ccc2c(C)ccnc2c1C.Cc1ccc2ccc(C)c(C)c2n1.Cc1cnc2c(C)c(C)ccc2c1. The second kappa shape index (κ2) is 29.8. The number of benzene rings is 7. The van der Waals surface area contributed by atoms with Crippen molar-refractivity contribution in [1.82, 2.24) is 34.9 Å². The highest BCUT2D eigenvalue weighted by Gasteiger charge is 2.09. The van der Waals surface area contributed by atoms with Crippen LogP contribution in [-0.4, -0.2) is 34.9 Å². The summed E-state index contributed by atoms with van der Waals surface area (Å²) in [4.78, 5) is 30.9. The Morgan fingerprint density at radius 1 is 0.220 bits per heavy atom. The third kappa shape index (κ3) is 15.9. The molecular weight excluding hydrogens is 1110 g/mol. The number of rotatable bonds is 0. The van der Waals surface area contributed by atoms with Crippen molar-refractivity contribution in [3.8, 4) is 0 Å². The number of aromatic nitrogens is 7. The first kappa shape index (κ1) is 67.3. The zero-order chi connectivity index (χ0) is 66.0. The Balaban J connectivity index is 0.000000137. The largest absolute Gasteiger partial charge is 0.256 e. The molecule has 0 spiro atoms. The Hall–Kier alpha value is -9.59. The number of pyridine rings is 7. The van der Waals surface area contributed by atoms with Gasteiger partial charge >= 0.3 is 0 Å². The minimum Gasteiger partial charge on any atom is -0.256 e. The van der Waals surface area contributed by atoms with E-state index in [1.54, 1.807) is 0 Å². The Morgan fingerprint density at radius 3 is 1.35 bits per heavy atom. The molecule has 0 aliphatic rings. The molecule has 14 aromatic rings. The van der Waals surface area contributed by atoms with Crippen LogP contribution >= 0.6 is 0 Å². The van der Waals surface area contributed by atoms with Gasteiger partial charge in [-0.25, -0.2) is 0 Å². The highest BCUT2D eigenvalue weighted by atomic mass is 14.7. The first-order valence-corrected chi connectivity index (χ1v) is 31.6. The summed E-state index contributed by atoms with van der Waals surface area (Å²) in [5.41, 5.74) is 35.2. The molecule has 462 valence electrons. The summed E-state index contributed by atoms with van der Waals surface area (Å²) < 4.78 is 0. The summed E-state index contributed by atoms with van der Waals surface area (Å²) in [5, 5.41) is 8.78. The molecule has 0 unspecified atom stereocenters. The van der Waals surface area contributed by atoms with Gasteiger partial charge in [0, 0.05) is 80.6 Å². The maximum atomic E-state index is 4.54. The van der Waals surface area contributed by atoms with Crippen molar-refractivity contribution in [3.63, 3.8) is 0 Å². The van der Waals surface area contributed by atoms with Crippen molar-refractivity contribution in [2.75, 3.05) is 0 Å². The molecule has 7 aromatic carbocycles. The van der Waals surface area contributed by atoms with Gasteiger partial charge in [-0.1, -0.05) is 66.7 Å². The first-order chi connectivity index (χ1) is 43.3. The van der Waals surface area contributed by atoms with Gasteiger partial charge in [0.2, 0.25) is 0 Å². The van der Waals surface area contributed by atoms with E-state index in [9.17, 15) is 0 Å². The molecule has 0 saturated heterocycles. The Morgan fingerprint density at radius 2 is 0.659 bits per heavy atom. The number of hydrogen-bond donors (Lipinski definition) is 0. The summed E-state index contributed by atoms with van der Waals surface area (Å²) >= 11 is 0. The number of fused-ring (bicyclic) bond motifs is 7. The van der Waals surface area contributed by atoms with E-state index in [0.29, 0.717) is 0 Å². The summed E-state index contributed by atoms with van der Waals surface area (Å²) in [6.45, 7) is 44.7. The van der Waals surface area contributed by atoms with Crippen molar-refractivity contribution in [1.29, 1.82) is 0 Å². The van der Waals surface area contributed by atoms with Crippen LogP contribution in [0.2, 0.25) is 0 Å². The summed E-state index contributed by atoms with van der Waals surface area (Å²) in [6.07, 6.45) is 11.2. The van der Waals surface area contributed by atoms with E-state index in [1.165, 1.54) is 149 Å². The van der Waals surface area contributed by atoms with E-state index in [4.69, 9.17) is 0 Å². The lowest BCUT2D eigenvalue weighted by atomic mass is 10.00. The van der Waals surface area contributed by atoms with E-state index in [1.807, 2.05) is 62.3 Å². The molecule has 7 heteroatoms. The summed E-state index contributed by atoms with van der Waals surface area (Å²) in [5.74, 6) is 0. The molecule has 0 N–H and O–H groups in total. The predicted molar refractivity (Wildman–Crippen MR) is 392 cm³/mol. The average Bonchev–Trinajstić information content (AvgIpc) is 1.48. The molecule has 0 aliphatic heterocycles. The van der Waals surface area contributed by atoms with Crippen molar-refractivity contribution in [2.45, 2.75) is 145 Å². The smallest absolute Gasteiger partial charge is 0.0736 e. The lowest BCUT2D eigenvalue weighted by Crippen LogP contribution is -1.90. The number of hydrogen-bond acceptors (Lipinski definition) is 7. The topological polar surface area (TPSA) is 90.2 Å². The van der Waals surface area contributed by atoms with Crippen LogP contribution in [0.1, 0.15) is 117 Å². The van der Waals surface area contributed by atoms with Gasteiger partial charge in [-0.15, -0.1) is 0 Å². The van der Waals surface area contributed by atoms with Crippen LogP contribution in [0.25, 0.3) is 76.3 Å². The first-order valence-electron chi connectivity index (χ1n) is 31.6. The van der Waals surface area contributed by atoms with Crippen LogP contribution in [0.4, 0.5) is 0 Å². The van der Waals surface area contributed by atoms with Crippen LogP contribution < -0.4 is 0 Å². The molecule has 7 heterocycles. The quantitative estimate of drug-likeness (QED) is 0.149. The zero-order valence-corrected chi connectivity index (χ0v) is 57.8. The Labute approximate surface area is 541 Å². The van der Waals surface area contributed by atoms with Crippen LogP contribution in [0.5, 0.6) is 0 Å². The lowest BCUT2D eigenvalue weighted by molar-refractivity contribution is 1.23. The molecule has 91 heavy (non-hydrogen) atoms. The van der Waals surface area contributed by atoms with E-state index in [2.05, 4.69) is 289 Å². The van der Waals surface area contributed by atoms with Gasteiger partial charge in [-0.05, 0) is 323 Å². The maximum absolute atomic E-state index is 4.54. The standard InChI is InChI=1S/7C12H13N/c1-8-4-6-11-7-5-9(2)13-12(11)10(8)3;1-8-6-11-5-4-9(2)10(3)12(11)13-7-8;1-8-4-5-13-12-7-10(3)9(2)6-11(8)12;1-8-4-5-11-9(2)6-7-13-12(11)10(8)3;1-8-7-12-11(5-4-6-13-12)10(3)9(8)2;1-8-7-11-5-4-6-13-12(11)10(3)9(8)2;1-8-7-9(2)11-5-4-6-13-12(11)10(8)3/h7*4-7H,1-3H3. The third-order valence-electron chi connectivity index (χ3n) is 18.4. The van der Waals surface area contributed by atoms with Crippen molar-refractivity contribution in [3.05, 3.63) is 288 Å². The molecule has 0 radical (unpaired) electrons. The van der Waals surface area contributed by atoms with Gasteiger partial charge in [0.1, 0.15) is 0 Å². The average molecular weight is 1200 g/mol. The van der Waals surface area contributed by atoms with Gasteiger partial charge in [0.25, 0.3) is 0 Å². The Kier molecular flexibility index (Phi) is 22.1. The highest BCUT2D eigenvalue weighted by Crippen LogP contribution is 2.28. The molecule has 0 fully saturated rings. The summed E-state index contributed by atoms with van der Waals surface area (Å²) in [6, 6.07) is 46.6. The van der Waals surface area contributed by atoms with E-state index in [-0.39, 0.29) is 0 Å². The molecule has 0 amide bonds. The fraction of sp³-hybridized carbons (Fsp3) is 0.250. The third-order valence-corrected chi connectivity index (χ3v) is 18.4. The van der Waals surface area contributed by atoms with Crippen LogP contribution in [0.15, 0.2) is 171 Å². The zero-order valence-electron chi connectivity index (χ0n) is 57.8. The minimum atomic E-state index is 1.08. The predicted octanol–water partition coefficient (Wildman–Crippen LogP) is 22.1. The van der Waals surface area contributed by atoms with Crippen LogP contribution in [-0.2, 0) is 0 Å². The molecule has 0 saturated carbocycles. The molecular formula is C84H91N7. The molecule has 0 atom stereocenters. The Bertz CT molecular complexity index is 4790. The number of aryl methyl sites for hydroxylation is 19. The molecule has 7 nitrogen and oxygen atoms in total. The molecule has 7 aromatic heterocycles. The highest BCUT2D eigenvalue weighted by molar-refractivity contribution is 5.89. The van der Waals surface area contributed by atoms with Crippen LogP contribution in [0, 0.1) is 145 Å². The van der Waals surface area contributed by atoms with E-state index in [0.717, 1.165) is 44.3 Å². The van der Waals surface area contributed by atoms with E-state index < -0.39 is 0 Å².